The Morgan fingerprint density at radius 3 is 2.69 bits per heavy atom. The predicted molar refractivity (Wildman–Crippen MR) is 60.5 cm³/mol. The second-order valence-electron chi connectivity index (χ2n) is 4.40. The van der Waals surface area contributed by atoms with Crippen LogP contribution in [0.15, 0.2) is 18.2 Å². The smallest absolute Gasteiger partial charge is 0.244 e. The fourth-order valence-electron chi connectivity index (χ4n) is 1.81. The highest BCUT2D eigenvalue weighted by atomic mass is 19.1. The molecule has 1 aromatic carbocycles. The van der Waals surface area contributed by atoms with Crippen LogP contribution in [0.3, 0.4) is 0 Å². The maximum absolute atomic E-state index is 13.5. The van der Waals surface area contributed by atoms with Crippen molar-refractivity contribution in [3.05, 3.63) is 29.6 Å². The van der Waals surface area contributed by atoms with E-state index in [1.165, 1.54) is 6.07 Å². The highest BCUT2D eigenvalue weighted by molar-refractivity contribution is 5.99. The van der Waals surface area contributed by atoms with Gasteiger partial charge < -0.3 is 11.1 Å². The van der Waals surface area contributed by atoms with Crippen molar-refractivity contribution in [1.82, 2.24) is 0 Å². The van der Waals surface area contributed by atoms with Crippen molar-refractivity contribution in [1.29, 1.82) is 0 Å². The average molecular weight is 222 g/mol. The van der Waals surface area contributed by atoms with E-state index in [2.05, 4.69) is 5.32 Å². The highest BCUT2D eigenvalue weighted by Crippen LogP contribution is 2.31. The first kappa shape index (κ1) is 11.1. The van der Waals surface area contributed by atoms with Crippen LogP contribution in [0, 0.1) is 12.7 Å². The van der Waals surface area contributed by atoms with Crippen molar-refractivity contribution >= 4 is 11.6 Å². The molecule has 1 aliphatic rings. The summed E-state index contributed by atoms with van der Waals surface area (Å²) >= 11 is 0. The van der Waals surface area contributed by atoms with Crippen molar-refractivity contribution in [3.63, 3.8) is 0 Å². The number of aryl methyl sites for hydroxylation is 1. The van der Waals surface area contributed by atoms with Gasteiger partial charge in [-0.15, -0.1) is 0 Å². The second-order valence-corrected chi connectivity index (χ2v) is 4.40. The summed E-state index contributed by atoms with van der Waals surface area (Å²) < 4.78 is 13.5. The van der Waals surface area contributed by atoms with E-state index in [1.54, 1.807) is 19.1 Å². The molecule has 0 aromatic heterocycles. The van der Waals surface area contributed by atoms with Gasteiger partial charge in [0.2, 0.25) is 5.91 Å². The summed E-state index contributed by atoms with van der Waals surface area (Å²) in [7, 11) is 0. The van der Waals surface area contributed by atoms with E-state index in [0.717, 1.165) is 6.42 Å². The molecular formula is C12H15FN2O. The van der Waals surface area contributed by atoms with Gasteiger partial charge in [0.1, 0.15) is 5.82 Å². The van der Waals surface area contributed by atoms with Gasteiger partial charge in [-0.3, -0.25) is 4.79 Å². The zero-order chi connectivity index (χ0) is 11.8. The van der Waals surface area contributed by atoms with E-state index < -0.39 is 11.4 Å². The van der Waals surface area contributed by atoms with Gasteiger partial charge in [-0.1, -0.05) is 12.1 Å². The van der Waals surface area contributed by atoms with E-state index in [0.29, 0.717) is 18.4 Å². The minimum absolute atomic E-state index is 0.240. The van der Waals surface area contributed by atoms with Crippen molar-refractivity contribution in [2.45, 2.75) is 31.7 Å². The molecular weight excluding hydrogens is 207 g/mol. The van der Waals surface area contributed by atoms with E-state index in [9.17, 15) is 9.18 Å². The Kier molecular flexibility index (Phi) is 2.68. The lowest BCUT2D eigenvalue weighted by molar-refractivity contribution is -0.123. The molecule has 0 bridgehead atoms. The fraction of sp³-hybridized carbons (Fsp3) is 0.417. The number of hydrogen-bond donors (Lipinski definition) is 2. The third kappa shape index (κ3) is 1.80. The van der Waals surface area contributed by atoms with Crippen LogP contribution in [0.4, 0.5) is 10.1 Å². The van der Waals surface area contributed by atoms with Crippen LogP contribution >= 0.6 is 0 Å². The average Bonchev–Trinajstić information content (AvgIpc) is 2.20. The van der Waals surface area contributed by atoms with Crippen LogP contribution in [0.1, 0.15) is 24.8 Å². The molecule has 0 radical (unpaired) electrons. The van der Waals surface area contributed by atoms with Gasteiger partial charge in [-0.05, 0) is 37.8 Å². The SMILES string of the molecule is Cc1cccc(F)c1NC(=O)C1(N)CCC1. The number of anilines is 1. The summed E-state index contributed by atoms with van der Waals surface area (Å²) in [6.45, 7) is 1.75. The van der Waals surface area contributed by atoms with Crippen LogP contribution in [0.5, 0.6) is 0 Å². The largest absolute Gasteiger partial charge is 0.322 e. The van der Waals surface area contributed by atoms with Crippen LogP contribution in [0.2, 0.25) is 0 Å². The molecule has 0 unspecified atom stereocenters. The summed E-state index contributed by atoms with van der Waals surface area (Å²) in [5.41, 5.74) is 6.01. The van der Waals surface area contributed by atoms with Gasteiger partial charge in [0, 0.05) is 0 Å². The second kappa shape index (κ2) is 3.87. The Morgan fingerprint density at radius 1 is 1.50 bits per heavy atom. The Hall–Kier alpha value is -1.42. The lowest BCUT2D eigenvalue weighted by Gasteiger charge is -2.36. The molecule has 0 atom stereocenters. The molecule has 0 aliphatic heterocycles. The number of para-hydroxylation sites is 1. The molecule has 1 amide bonds. The van der Waals surface area contributed by atoms with Gasteiger partial charge >= 0.3 is 0 Å². The molecule has 4 heteroatoms. The Bertz CT molecular complexity index is 407. The number of hydrogen-bond acceptors (Lipinski definition) is 2. The number of rotatable bonds is 2. The normalized spacial score (nSPS) is 17.7. The summed E-state index contributed by atoms with van der Waals surface area (Å²) in [5, 5.41) is 2.58. The number of nitrogens with one attached hydrogen (secondary N) is 1. The van der Waals surface area contributed by atoms with E-state index in [-0.39, 0.29) is 11.6 Å². The molecule has 0 spiro atoms. The monoisotopic (exact) mass is 222 g/mol. The Morgan fingerprint density at radius 2 is 2.19 bits per heavy atom. The van der Waals surface area contributed by atoms with Crippen molar-refractivity contribution in [2.75, 3.05) is 5.32 Å². The number of carbonyl (C=O) groups is 1. The quantitative estimate of drug-likeness (QED) is 0.803. The zero-order valence-corrected chi connectivity index (χ0v) is 9.22. The highest BCUT2D eigenvalue weighted by Gasteiger charge is 2.40. The van der Waals surface area contributed by atoms with Gasteiger partial charge in [-0.2, -0.15) is 0 Å². The number of nitrogens with two attached hydrogens (primary N) is 1. The standard InChI is InChI=1S/C12H15FN2O/c1-8-4-2-5-9(13)10(8)15-11(16)12(14)6-3-7-12/h2,4-5H,3,6-7,14H2,1H3,(H,15,16). The molecule has 3 N–H and O–H groups in total. The maximum Gasteiger partial charge on any atom is 0.244 e. The van der Waals surface area contributed by atoms with E-state index >= 15 is 0 Å². The van der Waals surface area contributed by atoms with Crippen molar-refractivity contribution < 1.29 is 9.18 Å². The van der Waals surface area contributed by atoms with Crippen LogP contribution < -0.4 is 11.1 Å². The minimum Gasteiger partial charge on any atom is -0.322 e. The van der Waals surface area contributed by atoms with Gasteiger partial charge in [0.15, 0.2) is 0 Å². The topological polar surface area (TPSA) is 55.1 Å². The lowest BCUT2D eigenvalue weighted by Crippen LogP contribution is -2.56. The van der Waals surface area contributed by atoms with Gasteiger partial charge in [0.05, 0.1) is 11.2 Å². The molecule has 0 heterocycles. The number of benzene rings is 1. The van der Waals surface area contributed by atoms with Crippen molar-refractivity contribution in [3.8, 4) is 0 Å². The summed E-state index contributed by atoms with van der Waals surface area (Å²) in [6, 6.07) is 4.69. The van der Waals surface area contributed by atoms with E-state index in [4.69, 9.17) is 5.73 Å². The summed E-state index contributed by atoms with van der Waals surface area (Å²) in [4.78, 5) is 11.8. The Labute approximate surface area is 93.8 Å². The summed E-state index contributed by atoms with van der Waals surface area (Å²) in [6.07, 6.45) is 2.30. The van der Waals surface area contributed by atoms with Crippen LogP contribution in [0.25, 0.3) is 0 Å². The molecule has 1 aliphatic carbocycles. The molecule has 3 nitrogen and oxygen atoms in total. The third-order valence-corrected chi connectivity index (χ3v) is 3.16. The third-order valence-electron chi connectivity index (χ3n) is 3.16. The first-order chi connectivity index (χ1) is 7.53. The molecule has 1 saturated carbocycles. The number of carbonyl (C=O) groups excluding carboxylic acids is 1. The first-order valence-electron chi connectivity index (χ1n) is 5.38. The van der Waals surface area contributed by atoms with Crippen molar-refractivity contribution in [2.24, 2.45) is 5.73 Å². The van der Waals surface area contributed by atoms with Crippen LogP contribution in [-0.4, -0.2) is 11.4 Å². The molecule has 2 rings (SSSR count). The lowest BCUT2D eigenvalue weighted by atomic mass is 9.77. The summed E-state index contributed by atoms with van der Waals surface area (Å²) in [5.74, 6) is -0.705. The molecule has 16 heavy (non-hydrogen) atoms. The molecule has 0 saturated heterocycles. The van der Waals surface area contributed by atoms with Gasteiger partial charge in [-0.25, -0.2) is 4.39 Å². The van der Waals surface area contributed by atoms with Gasteiger partial charge in [0.25, 0.3) is 0 Å². The number of halogens is 1. The number of amides is 1. The minimum atomic E-state index is -0.797. The first-order valence-corrected chi connectivity index (χ1v) is 5.38. The zero-order valence-electron chi connectivity index (χ0n) is 9.22. The predicted octanol–water partition coefficient (Wildman–Crippen LogP) is 1.95. The van der Waals surface area contributed by atoms with Crippen LogP contribution in [-0.2, 0) is 4.79 Å². The Balaban J connectivity index is 2.18. The molecule has 1 aromatic rings. The fourth-order valence-corrected chi connectivity index (χ4v) is 1.81. The molecule has 1 fully saturated rings. The van der Waals surface area contributed by atoms with E-state index in [1.807, 2.05) is 0 Å². The molecule has 86 valence electrons. The maximum atomic E-state index is 13.5.